The summed E-state index contributed by atoms with van der Waals surface area (Å²) >= 11 is 0. The van der Waals surface area contributed by atoms with Crippen molar-refractivity contribution in [3.05, 3.63) is 36.8 Å². The summed E-state index contributed by atoms with van der Waals surface area (Å²) < 4.78 is 84.2. The second-order valence-corrected chi connectivity index (χ2v) is 6.36. The highest BCUT2D eigenvalue weighted by atomic mass is 19.4. The standard InChI is InChI=1S/C16H18F6NO2/c1-5-14(15(17,18)19,16(20,21)22)10-6-8-11(9-7-10)23-12(24)25-13(2,3)4/h6-9H,1,5H2,2-4H3,(H,23,24). The zero-order valence-corrected chi connectivity index (χ0v) is 13.8. The van der Waals surface area contributed by atoms with Gasteiger partial charge in [-0.05, 0) is 44.9 Å². The van der Waals surface area contributed by atoms with Crippen LogP contribution in [0.25, 0.3) is 0 Å². The molecule has 0 saturated carbocycles. The van der Waals surface area contributed by atoms with Crippen LogP contribution >= 0.6 is 0 Å². The molecule has 0 fully saturated rings. The fourth-order valence-corrected chi connectivity index (χ4v) is 2.18. The van der Waals surface area contributed by atoms with E-state index in [9.17, 15) is 31.1 Å². The van der Waals surface area contributed by atoms with Gasteiger partial charge in [0.25, 0.3) is 0 Å². The summed E-state index contributed by atoms with van der Waals surface area (Å²) in [6.45, 7) is 7.66. The molecule has 0 unspecified atom stereocenters. The van der Waals surface area contributed by atoms with Gasteiger partial charge >= 0.3 is 18.4 Å². The van der Waals surface area contributed by atoms with Crippen molar-refractivity contribution in [2.24, 2.45) is 0 Å². The van der Waals surface area contributed by atoms with E-state index in [1.165, 1.54) is 0 Å². The fraction of sp³-hybridized carbons (Fsp3) is 0.500. The molecular weight excluding hydrogens is 352 g/mol. The molecule has 0 atom stereocenters. The number of carbonyl (C=O) groups excluding carboxylic acids is 1. The van der Waals surface area contributed by atoms with E-state index in [1.807, 2.05) is 0 Å². The van der Waals surface area contributed by atoms with Crippen LogP contribution in [0.15, 0.2) is 24.3 Å². The number of nitrogens with one attached hydrogen (secondary N) is 1. The molecule has 1 amide bonds. The van der Waals surface area contributed by atoms with E-state index in [-0.39, 0.29) is 5.69 Å². The second kappa shape index (κ2) is 6.76. The molecule has 25 heavy (non-hydrogen) atoms. The maximum atomic E-state index is 13.2. The highest BCUT2D eigenvalue weighted by Crippen LogP contribution is 2.54. The zero-order valence-electron chi connectivity index (χ0n) is 13.8. The molecule has 0 spiro atoms. The number of hydrogen-bond acceptors (Lipinski definition) is 2. The summed E-state index contributed by atoms with van der Waals surface area (Å²) in [4.78, 5) is 11.6. The smallest absolute Gasteiger partial charge is 0.412 e. The molecule has 141 valence electrons. The topological polar surface area (TPSA) is 38.3 Å². The quantitative estimate of drug-likeness (QED) is 0.702. The van der Waals surface area contributed by atoms with Crippen molar-refractivity contribution in [3.63, 3.8) is 0 Å². The molecule has 0 bridgehead atoms. The number of carbonyl (C=O) groups is 1. The minimum atomic E-state index is -5.58. The Labute approximate surface area is 141 Å². The van der Waals surface area contributed by atoms with E-state index in [1.54, 1.807) is 20.8 Å². The molecule has 1 aromatic carbocycles. The molecule has 0 aliphatic rings. The van der Waals surface area contributed by atoms with Crippen molar-refractivity contribution < 1.29 is 35.9 Å². The van der Waals surface area contributed by atoms with Crippen LogP contribution in [0.4, 0.5) is 36.8 Å². The van der Waals surface area contributed by atoms with Gasteiger partial charge in [-0.2, -0.15) is 26.3 Å². The van der Waals surface area contributed by atoms with Crippen molar-refractivity contribution in [3.8, 4) is 0 Å². The van der Waals surface area contributed by atoms with Gasteiger partial charge in [-0.1, -0.05) is 19.1 Å². The van der Waals surface area contributed by atoms with Gasteiger partial charge in [-0.3, -0.25) is 5.32 Å². The number of ether oxygens (including phenoxy) is 1. The third-order valence-corrected chi connectivity index (χ3v) is 3.37. The third kappa shape index (κ3) is 4.58. The van der Waals surface area contributed by atoms with Crippen molar-refractivity contribution in [2.75, 3.05) is 5.32 Å². The number of alkyl halides is 6. The predicted octanol–water partition coefficient (Wildman–Crippen LogP) is 5.62. The van der Waals surface area contributed by atoms with Crippen LogP contribution in [0.1, 0.15) is 32.8 Å². The first-order valence-electron chi connectivity index (χ1n) is 7.17. The number of anilines is 1. The molecule has 0 saturated heterocycles. The Kier molecular flexibility index (Phi) is 5.71. The zero-order chi connectivity index (χ0) is 19.7. The monoisotopic (exact) mass is 370 g/mol. The summed E-state index contributed by atoms with van der Waals surface area (Å²) in [5, 5.41) is 2.23. The molecule has 0 aliphatic carbocycles. The highest BCUT2D eigenvalue weighted by Gasteiger charge is 2.70. The van der Waals surface area contributed by atoms with E-state index in [0.717, 1.165) is 12.1 Å². The van der Waals surface area contributed by atoms with Crippen LogP contribution in [0, 0.1) is 6.92 Å². The lowest BCUT2D eigenvalue weighted by atomic mass is 9.76. The Hall–Kier alpha value is -1.93. The normalized spacial score (nSPS) is 13.5. The summed E-state index contributed by atoms with van der Waals surface area (Å²) in [5.41, 5.74) is -5.89. The molecule has 9 heteroatoms. The first-order chi connectivity index (χ1) is 11.1. The minimum Gasteiger partial charge on any atom is -0.444 e. The predicted molar refractivity (Wildman–Crippen MR) is 80.1 cm³/mol. The Morgan fingerprint density at radius 1 is 1.00 bits per heavy atom. The van der Waals surface area contributed by atoms with Crippen LogP contribution < -0.4 is 5.32 Å². The summed E-state index contributed by atoms with van der Waals surface area (Å²) in [7, 11) is 0. The molecule has 0 heterocycles. The largest absolute Gasteiger partial charge is 0.444 e. The molecule has 1 radical (unpaired) electrons. The van der Waals surface area contributed by atoms with Gasteiger partial charge < -0.3 is 4.74 Å². The van der Waals surface area contributed by atoms with E-state index in [0.29, 0.717) is 12.1 Å². The van der Waals surface area contributed by atoms with Gasteiger partial charge in [0.05, 0.1) is 0 Å². The maximum Gasteiger partial charge on any atom is 0.412 e. The Balaban J connectivity index is 3.17. The summed E-state index contributed by atoms with van der Waals surface area (Å²) in [6.07, 6.45) is -13.5. The molecule has 3 nitrogen and oxygen atoms in total. The highest BCUT2D eigenvalue weighted by molar-refractivity contribution is 5.84. The third-order valence-electron chi connectivity index (χ3n) is 3.37. The van der Waals surface area contributed by atoms with Crippen molar-refractivity contribution >= 4 is 11.8 Å². The lowest BCUT2D eigenvalue weighted by Gasteiger charge is -2.37. The van der Waals surface area contributed by atoms with Gasteiger partial charge in [0, 0.05) is 5.69 Å². The van der Waals surface area contributed by atoms with Gasteiger partial charge in [0.15, 0.2) is 5.41 Å². The summed E-state index contributed by atoms with van der Waals surface area (Å²) in [5.74, 6) is 0. The van der Waals surface area contributed by atoms with Crippen molar-refractivity contribution in [1.29, 1.82) is 0 Å². The number of hydrogen-bond donors (Lipinski definition) is 1. The SMILES string of the molecule is [CH2]CC(c1ccc(NC(=O)OC(C)(C)C)cc1)(C(F)(F)F)C(F)(F)F. The minimum absolute atomic E-state index is 0.000288. The second-order valence-electron chi connectivity index (χ2n) is 6.36. The van der Waals surface area contributed by atoms with Gasteiger partial charge in [-0.25, -0.2) is 4.79 Å². The van der Waals surface area contributed by atoms with E-state index < -0.39 is 41.4 Å². The Morgan fingerprint density at radius 2 is 1.44 bits per heavy atom. The van der Waals surface area contributed by atoms with Crippen LogP contribution in [-0.4, -0.2) is 24.0 Å². The first kappa shape index (κ1) is 21.1. The van der Waals surface area contributed by atoms with Crippen LogP contribution in [0.2, 0.25) is 0 Å². The van der Waals surface area contributed by atoms with Gasteiger partial charge in [0.2, 0.25) is 0 Å². The first-order valence-corrected chi connectivity index (χ1v) is 7.17. The Morgan fingerprint density at radius 3 is 1.76 bits per heavy atom. The lowest BCUT2D eigenvalue weighted by molar-refractivity contribution is -0.302. The number of amides is 1. The molecule has 0 aromatic heterocycles. The Bertz CT molecular complexity index is 585. The van der Waals surface area contributed by atoms with Crippen LogP contribution in [-0.2, 0) is 10.2 Å². The molecule has 1 rings (SSSR count). The number of benzene rings is 1. The van der Waals surface area contributed by atoms with E-state index in [2.05, 4.69) is 12.2 Å². The van der Waals surface area contributed by atoms with Crippen molar-refractivity contribution in [1.82, 2.24) is 0 Å². The molecule has 1 N–H and O–H groups in total. The maximum absolute atomic E-state index is 13.2. The van der Waals surface area contributed by atoms with E-state index in [4.69, 9.17) is 4.74 Å². The molecule has 1 aromatic rings. The summed E-state index contributed by atoms with van der Waals surface area (Å²) in [6, 6.07) is 3.22. The molecular formula is C16H18F6NO2. The lowest BCUT2D eigenvalue weighted by Crippen LogP contribution is -2.53. The van der Waals surface area contributed by atoms with Crippen LogP contribution in [0.5, 0.6) is 0 Å². The van der Waals surface area contributed by atoms with Crippen molar-refractivity contribution in [2.45, 2.75) is 50.6 Å². The average Bonchev–Trinajstić information content (AvgIpc) is 2.36. The van der Waals surface area contributed by atoms with Gasteiger partial charge in [-0.15, -0.1) is 0 Å². The molecule has 0 aliphatic heterocycles. The van der Waals surface area contributed by atoms with Gasteiger partial charge in [0.1, 0.15) is 5.60 Å². The fourth-order valence-electron chi connectivity index (χ4n) is 2.18. The number of rotatable bonds is 3. The van der Waals surface area contributed by atoms with Crippen LogP contribution in [0.3, 0.4) is 0 Å². The van der Waals surface area contributed by atoms with E-state index >= 15 is 0 Å². The number of halogens is 6. The average molecular weight is 370 g/mol.